The quantitative estimate of drug-likeness (QED) is 0.826. The molecule has 0 aliphatic carbocycles. The van der Waals surface area contributed by atoms with E-state index in [-0.39, 0.29) is 0 Å². The van der Waals surface area contributed by atoms with Crippen LogP contribution in [0.25, 0.3) is 5.65 Å². The number of nitrogens with zero attached hydrogens (tertiary/aromatic N) is 2. The summed E-state index contributed by atoms with van der Waals surface area (Å²) in [7, 11) is 1.70. The van der Waals surface area contributed by atoms with Gasteiger partial charge in [-0.25, -0.2) is 4.98 Å². The largest absolute Gasteiger partial charge is 0.482 e. The molecule has 4 heteroatoms. The summed E-state index contributed by atoms with van der Waals surface area (Å²) >= 11 is 0. The summed E-state index contributed by atoms with van der Waals surface area (Å²) in [4.78, 5) is 4.43. The van der Waals surface area contributed by atoms with Crippen molar-refractivity contribution in [2.45, 2.75) is 12.3 Å². The van der Waals surface area contributed by atoms with Gasteiger partial charge in [-0.1, -0.05) is 6.07 Å². The van der Waals surface area contributed by atoms with E-state index in [0.29, 0.717) is 5.92 Å². The van der Waals surface area contributed by atoms with Crippen LogP contribution in [0.2, 0.25) is 0 Å². The van der Waals surface area contributed by atoms with Gasteiger partial charge in [-0.2, -0.15) is 0 Å². The number of imidazole rings is 1. The molecule has 2 aromatic rings. The van der Waals surface area contributed by atoms with Gasteiger partial charge in [0.05, 0.1) is 12.8 Å². The van der Waals surface area contributed by atoms with Crippen LogP contribution in [-0.2, 0) is 0 Å². The molecule has 0 saturated carbocycles. The minimum Gasteiger partial charge on any atom is -0.482 e. The molecule has 1 unspecified atom stereocenters. The first-order chi connectivity index (χ1) is 7.90. The number of ether oxygens (including phenoxy) is 1. The monoisotopic (exact) mass is 217 g/mol. The smallest absolute Gasteiger partial charge is 0.199 e. The van der Waals surface area contributed by atoms with Gasteiger partial charge in [0, 0.05) is 18.7 Å². The molecule has 0 aromatic carbocycles. The molecular weight excluding hydrogens is 202 g/mol. The number of hydrogen-bond donors (Lipinski definition) is 1. The van der Waals surface area contributed by atoms with Crippen LogP contribution in [0, 0.1) is 0 Å². The lowest BCUT2D eigenvalue weighted by molar-refractivity contribution is 0.389. The van der Waals surface area contributed by atoms with Crippen LogP contribution in [0.4, 0.5) is 0 Å². The van der Waals surface area contributed by atoms with E-state index in [1.165, 1.54) is 12.1 Å². The molecule has 16 heavy (non-hydrogen) atoms. The van der Waals surface area contributed by atoms with Crippen molar-refractivity contribution in [3.05, 3.63) is 30.1 Å². The molecule has 84 valence electrons. The maximum Gasteiger partial charge on any atom is 0.199 e. The van der Waals surface area contributed by atoms with Crippen molar-refractivity contribution in [1.29, 1.82) is 0 Å². The third-order valence-electron chi connectivity index (χ3n) is 3.21. The maximum atomic E-state index is 5.39. The molecule has 3 heterocycles. The number of pyridine rings is 1. The van der Waals surface area contributed by atoms with Crippen LogP contribution in [0.3, 0.4) is 0 Å². The molecular formula is C12H15N3O. The summed E-state index contributed by atoms with van der Waals surface area (Å²) in [6.07, 6.45) is 3.14. The first kappa shape index (κ1) is 9.66. The number of nitrogens with one attached hydrogen (secondary N) is 1. The van der Waals surface area contributed by atoms with Gasteiger partial charge in [0.2, 0.25) is 0 Å². The maximum absolute atomic E-state index is 5.39. The Hall–Kier alpha value is -1.55. The molecule has 3 rings (SSSR count). The van der Waals surface area contributed by atoms with E-state index in [4.69, 9.17) is 4.74 Å². The Morgan fingerprint density at radius 2 is 2.44 bits per heavy atom. The highest BCUT2D eigenvalue weighted by atomic mass is 16.5. The van der Waals surface area contributed by atoms with Gasteiger partial charge in [0.25, 0.3) is 0 Å². The molecule has 1 N–H and O–H groups in total. The van der Waals surface area contributed by atoms with Gasteiger partial charge in [0.15, 0.2) is 5.88 Å². The van der Waals surface area contributed by atoms with E-state index in [0.717, 1.165) is 24.6 Å². The van der Waals surface area contributed by atoms with Crippen LogP contribution in [0.1, 0.15) is 18.0 Å². The zero-order valence-corrected chi connectivity index (χ0v) is 9.31. The van der Waals surface area contributed by atoms with Crippen LogP contribution in [0.15, 0.2) is 24.4 Å². The Kier molecular flexibility index (Phi) is 2.29. The van der Waals surface area contributed by atoms with Crippen molar-refractivity contribution in [3.8, 4) is 5.88 Å². The molecule has 1 atom stereocenters. The summed E-state index contributed by atoms with van der Waals surface area (Å²) in [6, 6.07) is 5.95. The highest BCUT2D eigenvalue weighted by molar-refractivity contribution is 5.45. The van der Waals surface area contributed by atoms with Gasteiger partial charge < -0.3 is 10.1 Å². The standard InChI is InChI=1S/C12H15N3O/c1-16-12-4-2-3-11-14-8-10(15(11)12)9-5-6-13-7-9/h2-4,8-9,13H,5-7H2,1H3. The highest BCUT2D eigenvalue weighted by Gasteiger charge is 2.21. The van der Waals surface area contributed by atoms with E-state index >= 15 is 0 Å². The third kappa shape index (κ3) is 1.38. The van der Waals surface area contributed by atoms with Gasteiger partial charge in [-0.05, 0) is 25.1 Å². The summed E-state index contributed by atoms with van der Waals surface area (Å²) in [5.41, 5.74) is 2.21. The predicted octanol–water partition coefficient (Wildman–Crippen LogP) is 1.42. The SMILES string of the molecule is COc1cccc2ncc(C3CCNC3)n12. The Bertz CT molecular complexity index is 500. The fraction of sp³-hybridized carbons (Fsp3) is 0.417. The Balaban J connectivity index is 2.16. The fourth-order valence-electron chi connectivity index (χ4n) is 2.38. The predicted molar refractivity (Wildman–Crippen MR) is 62.0 cm³/mol. The van der Waals surface area contributed by atoms with Crippen LogP contribution >= 0.6 is 0 Å². The van der Waals surface area contributed by atoms with Crippen molar-refractivity contribution in [1.82, 2.24) is 14.7 Å². The Morgan fingerprint density at radius 3 is 3.19 bits per heavy atom. The second kappa shape index (κ2) is 3.79. The lowest BCUT2D eigenvalue weighted by Crippen LogP contribution is -2.09. The third-order valence-corrected chi connectivity index (χ3v) is 3.21. The van der Waals surface area contributed by atoms with Crippen LogP contribution < -0.4 is 10.1 Å². The Morgan fingerprint density at radius 1 is 1.50 bits per heavy atom. The molecule has 2 aromatic heterocycles. The minimum atomic E-state index is 0.547. The van der Waals surface area contributed by atoms with Gasteiger partial charge in [-0.15, -0.1) is 0 Å². The lowest BCUT2D eigenvalue weighted by Gasteiger charge is -2.11. The van der Waals surface area contributed by atoms with E-state index < -0.39 is 0 Å². The van der Waals surface area contributed by atoms with Crippen molar-refractivity contribution < 1.29 is 4.74 Å². The second-order valence-electron chi connectivity index (χ2n) is 4.13. The molecule has 0 radical (unpaired) electrons. The van der Waals surface area contributed by atoms with Gasteiger partial charge in [-0.3, -0.25) is 4.40 Å². The summed E-state index contributed by atoms with van der Waals surface area (Å²) < 4.78 is 7.50. The number of aromatic nitrogens is 2. The topological polar surface area (TPSA) is 38.6 Å². The second-order valence-corrected chi connectivity index (χ2v) is 4.13. The highest BCUT2D eigenvalue weighted by Crippen LogP contribution is 2.26. The van der Waals surface area contributed by atoms with Gasteiger partial charge in [0.1, 0.15) is 5.65 Å². The summed E-state index contributed by atoms with van der Waals surface area (Å²) in [5, 5.41) is 3.38. The number of fused-ring (bicyclic) bond motifs is 1. The average Bonchev–Trinajstić information content (AvgIpc) is 2.96. The molecule has 1 saturated heterocycles. The lowest BCUT2D eigenvalue weighted by atomic mass is 10.1. The van der Waals surface area contributed by atoms with Crippen molar-refractivity contribution in [3.63, 3.8) is 0 Å². The average molecular weight is 217 g/mol. The first-order valence-corrected chi connectivity index (χ1v) is 5.61. The molecule has 1 aliphatic rings. The van der Waals surface area contributed by atoms with E-state index in [1.807, 2.05) is 24.4 Å². The van der Waals surface area contributed by atoms with E-state index in [1.54, 1.807) is 7.11 Å². The van der Waals surface area contributed by atoms with Crippen LogP contribution in [0.5, 0.6) is 5.88 Å². The van der Waals surface area contributed by atoms with Crippen molar-refractivity contribution in [2.75, 3.05) is 20.2 Å². The molecule has 0 bridgehead atoms. The zero-order valence-electron chi connectivity index (χ0n) is 9.31. The van der Waals surface area contributed by atoms with E-state index in [2.05, 4.69) is 14.7 Å². The minimum absolute atomic E-state index is 0.547. The number of rotatable bonds is 2. The number of hydrogen-bond acceptors (Lipinski definition) is 3. The fourth-order valence-corrected chi connectivity index (χ4v) is 2.38. The molecule has 0 spiro atoms. The first-order valence-electron chi connectivity index (χ1n) is 5.61. The van der Waals surface area contributed by atoms with Crippen LogP contribution in [-0.4, -0.2) is 29.6 Å². The zero-order chi connectivity index (χ0) is 11.0. The van der Waals surface area contributed by atoms with Gasteiger partial charge >= 0.3 is 0 Å². The molecule has 1 fully saturated rings. The summed E-state index contributed by atoms with van der Waals surface area (Å²) in [5.74, 6) is 1.41. The molecule has 1 aliphatic heterocycles. The van der Waals surface area contributed by atoms with Crippen molar-refractivity contribution >= 4 is 5.65 Å². The normalized spacial score (nSPS) is 20.4. The summed E-state index contributed by atoms with van der Waals surface area (Å²) in [6.45, 7) is 2.12. The number of methoxy groups -OCH3 is 1. The Labute approximate surface area is 94.3 Å². The molecule has 4 nitrogen and oxygen atoms in total. The van der Waals surface area contributed by atoms with E-state index in [9.17, 15) is 0 Å². The molecule has 0 amide bonds. The van der Waals surface area contributed by atoms with Crippen molar-refractivity contribution in [2.24, 2.45) is 0 Å².